The van der Waals surface area contributed by atoms with Gasteiger partial charge in [-0.1, -0.05) is 121 Å². The first-order valence-electron chi connectivity index (χ1n) is 29.6. The van der Waals surface area contributed by atoms with Crippen LogP contribution in [0.3, 0.4) is 0 Å². The summed E-state index contributed by atoms with van der Waals surface area (Å²) in [5, 5.41) is 0.998. The number of rotatable bonds is 12. The molecule has 0 unspecified atom stereocenters. The normalized spacial score (nSPS) is 11.1. The molecule has 21 heteroatoms. The zero-order valence-electron chi connectivity index (χ0n) is 52.8. The Kier molecular flexibility index (Phi) is 17.5. The summed E-state index contributed by atoms with van der Waals surface area (Å²) in [6, 6.07) is 47.9. The molecule has 8 bridgehead atoms. The summed E-state index contributed by atoms with van der Waals surface area (Å²) in [5.41, 5.74) is 3.45. The second kappa shape index (κ2) is 26.2. The van der Waals surface area contributed by atoms with Crippen molar-refractivity contribution in [3.8, 4) is 89.5 Å². The summed E-state index contributed by atoms with van der Waals surface area (Å²) in [7, 11) is 9.36. The third-order valence-corrected chi connectivity index (χ3v) is 17.0. The second-order valence-corrected chi connectivity index (χ2v) is 21.9. The maximum absolute atomic E-state index is 14.3. The molecule has 2 aromatic heterocycles. The molecule has 4 heterocycles. The van der Waals surface area contributed by atoms with E-state index in [0.717, 1.165) is 0 Å². The molecule has 97 heavy (non-hydrogen) atoms. The van der Waals surface area contributed by atoms with Crippen LogP contribution in [0.4, 0.5) is 0 Å². The molecule has 0 saturated heterocycles. The van der Waals surface area contributed by atoms with E-state index >= 15 is 0 Å². The van der Waals surface area contributed by atoms with E-state index in [9.17, 15) is 38.4 Å². The molecule has 0 spiro atoms. The van der Waals surface area contributed by atoms with Gasteiger partial charge in [0.15, 0.2) is 0 Å². The molecule has 2 aliphatic heterocycles. The van der Waals surface area contributed by atoms with Gasteiger partial charge in [-0.3, -0.25) is 0 Å². The number of hydrogen-bond donors (Lipinski definition) is 0. The fourth-order valence-corrected chi connectivity index (χ4v) is 12.6. The van der Waals surface area contributed by atoms with Crippen LogP contribution in [-0.2, 0) is 54.4 Å². The van der Waals surface area contributed by atoms with Crippen molar-refractivity contribution in [2.75, 3.05) is 56.9 Å². The number of ether oxygens (including phenoxy) is 8. The van der Waals surface area contributed by atoms with Crippen molar-refractivity contribution in [3.05, 3.63) is 214 Å². The predicted molar refractivity (Wildman–Crippen MR) is 355 cm³/mol. The van der Waals surface area contributed by atoms with E-state index in [-0.39, 0.29) is 172 Å². The smallest absolute Gasteiger partial charge is 0.656 e. The van der Waals surface area contributed by atoms with E-state index in [2.05, 4.69) is 0 Å². The van der Waals surface area contributed by atoms with Gasteiger partial charge in [-0.15, -0.1) is 22.1 Å². The SMILES string of the molecule is COC(=O)c1cc2c(cc1C(=O)OC)-c1nc-2c(-c2ccccc2)c2[n-]c(c(-c3ccccc3)c3nc(c(-c4ccccc4)c4[n-]c(c1-c1ccccc1)c1cc(C(=O)OC)c(C(=O)OC)cc41)-c1cc(C(=O)OC)c(C(=O)OC)cc1-3)c1cc(C(=O)OC)c(C(=O)OC)cc21.[Ni+2]. The van der Waals surface area contributed by atoms with E-state index in [1.54, 1.807) is 72.8 Å². The standard InChI is InChI=1S/C76H54N4O16.Ni/c1-89-69(81)49-29-41-42(30-50(49)70(82)90-2)62-58(38-23-15-10-16-24-38)64-45-33-53(73(85)93-5)54(74(86)94-6)34-46(45)66(79-64)60(40-27-19-12-20-28-40)68-48-36-56(76(88)96-8)55(75(87)95-7)35-47(48)67(80-68)59(39-25-17-11-18-26-39)65-44-32-52(72(84)92-4)51(71(83)91-3)31-43(44)63(78-65)57(61(41)77-62)37-21-13-9-14-22-37;/h9-36H,1-8H3,(H2,77,78,79,80,81,82,83,84,85,86,87,88);/q;+2/p-2. The van der Waals surface area contributed by atoms with Gasteiger partial charge in [-0.05, 0) is 115 Å². The van der Waals surface area contributed by atoms with Crippen LogP contribution >= 0.6 is 0 Å². The summed E-state index contributed by atoms with van der Waals surface area (Å²) in [6.45, 7) is 0. The molecule has 0 saturated carbocycles. The molecular formula is C76H52N4NiO16. The fraction of sp³-hybridized carbons (Fsp3) is 0.105. The van der Waals surface area contributed by atoms with Gasteiger partial charge in [0.25, 0.3) is 0 Å². The summed E-state index contributed by atoms with van der Waals surface area (Å²) in [6.07, 6.45) is 0. The molecule has 0 fully saturated rings. The zero-order chi connectivity index (χ0) is 67.4. The molecule has 8 aromatic carbocycles. The second-order valence-electron chi connectivity index (χ2n) is 21.9. The first-order valence-corrected chi connectivity index (χ1v) is 29.6. The van der Waals surface area contributed by atoms with Gasteiger partial charge < -0.3 is 47.9 Å². The molecular weight excluding hydrogens is 1280 g/mol. The number of nitrogens with zero attached hydrogens (tertiary/aromatic N) is 4. The van der Waals surface area contributed by atoms with Crippen molar-refractivity contribution in [1.29, 1.82) is 0 Å². The van der Waals surface area contributed by atoms with Gasteiger partial charge in [0.1, 0.15) is 0 Å². The van der Waals surface area contributed by atoms with Crippen LogP contribution in [0.1, 0.15) is 82.9 Å². The molecule has 20 nitrogen and oxygen atoms in total. The summed E-state index contributed by atoms with van der Waals surface area (Å²) >= 11 is 0. The molecule has 10 aromatic rings. The monoisotopic (exact) mass is 1330 g/mol. The van der Waals surface area contributed by atoms with E-state index in [0.29, 0.717) is 22.3 Å². The number of benzene rings is 8. The van der Waals surface area contributed by atoms with E-state index in [1.807, 2.05) is 48.5 Å². The van der Waals surface area contributed by atoms with Gasteiger partial charge >= 0.3 is 64.2 Å². The first-order chi connectivity index (χ1) is 46.6. The average molecular weight is 1340 g/mol. The first kappa shape index (κ1) is 64.7. The molecule has 482 valence electrons. The fourth-order valence-electron chi connectivity index (χ4n) is 12.6. The minimum absolute atomic E-state index is 0. The maximum Gasteiger partial charge on any atom is 2.00 e. The average Bonchev–Trinajstić information content (AvgIpc) is 1.56. The summed E-state index contributed by atoms with van der Waals surface area (Å²) in [4.78, 5) is 137. The van der Waals surface area contributed by atoms with Gasteiger partial charge in [0.2, 0.25) is 0 Å². The topological polar surface area (TPSA) is 264 Å². The zero-order valence-corrected chi connectivity index (χ0v) is 53.8. The Balaban J connectivity index is 0.00000897. The Morgan fingerprint density at radius 3 is 0.588 bits per heavy atom. The van der Waals surface area contributed by atoms with Crippen LogP contribution in [-0.4, -0.2) is 115 Å². The molecule has 0 radical (unpaired) electrons. The van der Waals surface area contributed by atoms with Gasteiger partial charge in [-0.2, -0.15) is 0 Å². The summed E-state index contributed by atoms with van der Waals surface area (Å²) < 4.78 is 43.0. The molecule has 0 amide bonds. The minimum Gasteiger partial charge on any atom is -0.656 e. The van der Waals surface area contributed by atoms with Crippen LogP contribution in [0.2, 0.25) is 0 Å². The third kappa shape index (κ3) is 10.8. The van der Waals surface area contributed by atoms with Gasteiger partial charge in [0, 0.05) is 22.3 Å². The van der Waals surface area contributed by atoms with Crippen molar-refractivity contribution in [2.24, 2.45) is 0 Å². The van der Waals surface area contributed by atoms with Crippen LogP contribution < -0.4 is 9.97 Å². The van der Waals surface area contributed by atoms with Crippen LogP contribution in [0.25, 0.3) is 133 Å². The molecule has 1 aliphatic carbocycles. The van der Waals surface area contributed by atoms with Crippen LogP contribution in [0.5, 0.6) is 0 Å². The Hall–Kier alpha value is -12.3. The molecule has 0 atom stereocenters. The largest absolute Gasteiger partial charge is 2.00 e. The number of carbonyl (C=O) groups is 8. The Labute approximate surface area is 562 Å². The Morgan fingerprint density at radius 1 is 0.258 bits per heavy atom. The number of esters is 8. The molecule has 0 N–H and O–H groups in total. The Bertz CT molecular complexity index is 4720. The van der Waals surface area contributed by atoms with Crippen molar-refractivity contribution < 1.29 is 92.7 Å². The predicted octanol–water partition coefficient (Wildman–Crippen LogP) is 13.5. The maximum atomic E-state index is 14.3. The number of hydrogen-bond acceptors (Lipinski definition) is 18. The number of methoxy groups -OCH3 is 8. The van der Waals surface area contributed by atoms with Crippen LogP contribution in [0, 0.1) is 0 Å². The number of aromatic nitrogens is 4. The van der Waals surface area contributed by atoms with E-state index in [4.69, 9.17) is 57.8 Å². The number of carbonyl (C=O) groups excluding carboxylic acids is 8. The van der Waals surface area contributed by atoms with Gasteiger partial charge in [0.05, 0.1) is 124 Å². The molecule has 13 rings (SSSR count). The molecule has 3 aliphatic rings. The van der Waals surface area contributed by atoms with E-state index < -0.39 is 47.8 Å². The Morgan fingerprint density at radius 2 is 0.423 bits per heavy atom. The van der Waals surface area contributed by atoms with Crippen molar-refractivity contribution >= 4 is 91.4 Å². The van der Waals surface area contributed by atoms with E-state index in [1.165, 1.54) is 105 Å². The van der Waals surface area contributed by atoms with Crippen molar-refractivity contribution in [3.63, 3.8) is 0 Å². The van der Waals surface area contributed by atoms with Crippen molar-refractivity contribution in [1.82, 2.24) is 19.9 Å². The summed E-state index contributed by atoms with van der Waals surface area (Å²) in [5.74, 6) is -7.27. The van der Waals surface area contributed by atoms with Crippen molar-refractivity contribution in [2.45, 2.75) is 0 Å². The quantitative estimate of drug-likeness (QED) is 0.0625. The van der Waals surface area contributed by atoms with Gasteiger partial charge in [-0.25, -0.2) is 48.3 Å². The van der Waals surface area contributed by atoms with Crippen LogP contribution in [0.15, 0.2) is 170 Å². The minimum atomic E-state index is -0.908. The third-order valence-electron chi connectivity index (χ3n) is 17.0.